The molecule has 0 bridgehead atoms. The van der Waals surface area contributed by atoms with Gasteiger partial charge in [-0.15, -0.1) is 16.9 Å². The Hall–Kier alpha value is -3.60. The van der Waals surface area contributed by atoms with E-state index in [9.17, 15) is 34.2 Å². The van der Waals surface area contributed by atoms with Crippen molar-refractivity contribution in [2.75, 3.05) is 12.4 Å². The first-order valence-electron chi connectivity index (χ1n) is 10.6. The van der Waals surface area contributed by atoms with Crippen LogP contribution >= 0.6 is 24.0 Å². The molecule has 17 heteroatoms. The van der Waals surface area contributed by atoms with Crippen molar-refractivity contribution in [2.45, 2.75) is 43.1 Å². The highest BCUT2D eigenvalue weighted by Gasteiger charge is 2.64. The average Bonchev–Trinajstić information content (AvgIpc) is 3.26. The van der Waals surface area contributed by atoms with Gasteiger partial charge in [0, 0.05) is 30.2 Å². The average molecular weight is 542 g/mol. The summed E-state index contributed by atoms with van der Waals surface area (Å²) in [6.45, 7) is 1.64. The predicted molar refractivity (Wildman–Crippen MR) is 126 cm³/mol. The molecule has 2 aliphatic heterocycles. The number of carboxylic acids is 2. The maximum atomic E-state index is 13.2. The highest BCUT2D eigenvalue weighted by atomic mass is 32.2. The zero-order valence-corrected chi connectivity index (χ0v) is 20.8. The lowest BCUT2D eigenvalue weighted by molar-refractivity contribution is -0.153. The Morgan fingerprint density at radius 3 is 2.64 bits per heavy atom. The van der Waals surface area contributed by atoms with Gasteiger partial charge in [-0.05, 0) is 30.2 Å². The number of ether oxygens (including phenoxy) is 1. The zero-order valence-electron chi connectivity index (χ0n) is 19.2. The summed E-state index contributed by atoms with van der Waals surface area (Å²) < 4.78 is 5.96. The largest absolute Gasteiger partial charge is 0.480 e. The van der Waals surface area contributed by atoms with E-state index in [0.29, 0.717) is 0 Å². The summed E-state index contributed by atoms with van der Waals surface area (Å²) in [5.74, 6) is -3.62. The molecule has 194 valence electrons. The van der Waals surface area contributed by atoms with Crippen LogP contribution in [0.1, 0.15) is 32.0 Å². The van der Waals surface area contributed by atoms with Gasteiger partial charge in [-0.25, -0.2) is 19.1 Å². The van der Waals surface area contributed by atoms with Crippen LogP contribution in [0, 0.1) is 0 Å². The molecule has 0 spiro atoms. The number of nitrogens with one attached hydrogen (secondary N) is 2. The van der Waals surface area contributed by atoms with E-state index in [1.807, 2.05) is 0 Å². The van der Waals surface area contributed by atoms with Crippen LogP contribution in [0.4, 0.5) is 4.79 Å². The number of aromatic nitrogens is 4. The molecule has 1 aromatic heterocycles. The van der Waals surface area contributed by atoms with Gasteiger partial charge in [0.1, 0.15) is 17.1 Å². The molecule has 4 N–H and O–H groups in total. The van der Waals surface area contributed by atoms with E-state index in [2.05, 4.69) is 30.9 Å². The second-order valence-corrected chi connectivity index (χ2v) is 9.08. The number of aliphatic carboxylic acids is 2. The maximum absolute atomic E-state index is 13.2. The third-order valence-corrected chi connectivity index (χ3v) is 7.22. The predicted octanol–water partition coefficient (Wildman–Crippen LogP) is -0.855. The molecule has 3 heterocycles. The number of rotatable bonds is 11. The number of fused-ring (bicyclic) bond motifs is 1. The lowest BCUT2D eigenvalue weighted by Crippen LogP contribution is -2.80. The van der Waals surface area contributed by atoms with E-state index in [4.69, 9.17) is 12.2 Å². The van der Waals surface area contributed by atoms with Crippen molar-refractivity contribution in [3.05, 3.63) is 11.5 Å². The number of β-lactam (4-membered cyclic amide) rings is 1. The first-order valence-corrected chi connectivity index (χ1v) is 12.2. The van der Waals surface area contributed by atoms with Gasteiger partial charge in [0.2, 0.25) is 5.91 Å². The van der Waals surface area contributed by atoms with Crippen molar-refractivity contribution in [2.24, 2.45) is 7.05 Å². The molecule has 1 saturated heterocycles. The molecule has 2 aliphatic rings. The molecule has 0 aromatic carbocycles. The molecule has 1 aromatic rings. The number of hydrogen-bond acceptors (Lipinski definition) is 11. The van der Waals surface area contributed by atoms with Crippen LogP contribution < -0.4 is 10.6 Å². The van der Waals surface area contributed by atoms with Gasteiger partial charge in [-0.2, -0.15) is 0 Å². The fraction of sp³-hybridized carbons (Fsp3) is 0.526. The molecule has 0 radical (unpaired) electrons. The monoisotopic (exact) mass is 541 g/mol. The van der Waals surface area contributed by atoms with Crippen LogP contribution in [0.5, 0.6) is 0 Å². The minimum absolute atomic E-state index is 0.0641. The summed E-state index contributed by atoms with van der Waals surface area (Å²) in [6, 6.07) is -1.26. The molecule has 36 heavy (non-hydrogen) atoms. The van der Waals surface area contributed by atoms with Crippen LogP contribution in [0.15, 0.2) is 5.70 Å². The number of thiocarbonyl (C=S) groups is 1. The Labute approximate surface area is 213 Å². The number of tetrazole rings is 1. The number of carbonyl (C=O) groups excluding carboxylic acids is 3. The van der Waals surface area contributed by atoms with Gasteiger partial charge >= 0.3 is 18.0 Å². The van der Waals surface area contributed by atoms with E-state index in [1.54, 1.807) is 6.92 Å². The number of hydrogen-bond donors (Lipinski definition) is 4. The molecule has 15 nitrogen and oxygen atoms in total. The highest BCUT2D eigenvalue weighted by molar-refractivity contribution is 8.00. The van der Waals surface area contributed by atoms with Gasteiger partial charge in [0.25, 0.3) is 5.91 Å². The molecule has 3 rings (SSSR count). The van der Waals surface area contributed by atoms with Crippen LogP contribution in [-0.2, 0) is 31.0 Å². The fourth-order valence-electron chi connectivity index (χ4n) is 3.82. The minimum atomic E-state index is -1.61. The van der Waals surface area contributed by atoms with E-state index < -0.39 is 46.8 Å². The van der Waals surface area contributed by atoms with E-state index in [1.165, 1.54) is 23.5 Å². The van der Waals surface area contributed by atoms with Gasteiger partial charge in [-0.3, -0.25) is 14.5 Å². The van der Waals surface area contributed by atoms with Crippen LogP contribution in [0.25, 0.3) is 5.57 Å². The number of carboxylic acid groups (broad SMARTS) is 2. The molecular weight excluding hydrogens is 518 g/mol. The van der Waals surface area contributed by atoms with E-state index in [0.717, 1.165) is 10.3 Å². The van der Waals surface area contributed by atoms with Crippen molar-refractivity contribution < 1.29 is 38.9 Å². The molecule has 3 atom stereocenters. The van der Waals surface area contributed by atoms with Crippen molar-refractivity contribution in [1.29, 1.82) is 0 Å². The summed E-state index contributed by atoms with van der Waals surface area (Å²) in [5, 5.41) is 35.2. The normalized spacial score (nSPS) is 21.7. The van der Waals surface area contributed by atoms with E-state index >= 15 is 0 Å². The zero-order chi connectivity index (χ0) is 26.6. The summed E-state index contributed by atoms with van der Waals surface area (Å²) in [4.78, 5) is 61.8. The molecule has 1 unspecified atom stereocenters. The van der Waals surface area contributed by atoms with Crippen molar-refractivity contribution in [3.8, 4) is 0 Å². The highest BCUT2D eigenvalue weighted by Crippen LogP contribution is 2.47. The Morgan fingerprint density at radius 2 is 2.08 bits per heavy atom. The van der Waals surface area contributed by atoms with Gasteiger partial charge < -0.3 is 25.6 Å². The Bertz CT molecular complexity index is 1140. The minimum Gasteiger partial charge on any atom is -0.480 e. The van der Waals surface area contributed by atoms with Crippen LogP contribution in [0.3, 0.4) is 0 Å². The van der Waals surface area contributed by atoms with Crippen LogP contribution in [0.2, 0.25) is 0 Å². The summed E-state index contributed by atoms with van der Waals surface area (Å²) >= 11 is 6.25. The molecule has 3 amide bonds. The number of carbonyl (C=O) groups is 5. The van der Waals surface area contributed by atoms with Gasteiger partial charge in [0.05, 0.1) is 6.61 Å². The number of thioether (sulfide) groups is 1. The van der Waals surface area contributed by atoms with Gasteiger partial charge in [0.15, 0.2) is 11.4 Å². The van der Waals surface area contributed by atoms with Crippen molar-refractivity contribution in [1.82, 2.24) is 35.7 Å². The van der Waals surface area contributed by atoms with E-state index in [-0.39, 0.29) is 48.7 Å². The van der Waals surface area contributed by atoms with Crippen molar-refractivity contribution in [3.63, 3.8) is 0 Å². The summed E-state index contributed by atoms with van der Waals surface area (Å²) in [7, 11) is 1.54. The Morgan fingerprint density at radius 1 is 1.36 bits per heavy atom. The Balaban J connectivity index is 1.69. The third kappa shape index (κ3) is 5.01. The quantitative estimate of drug-likeness (QED) is 0.199. The number of nitrogens with zero attached hydrogens (tertiary/aromatic N) is 5. The van der Waals surface area contributed by atoms with Gasteiger partial charge in [-0.1, -0.05) is 12.2 Å². The fourth-order valence-corrected chi connectivity index (χ4v) is 5.63. The summed E-state index contributed by atoms with van der Waals surface area (Å²) in [5.41, 5.74) is -1.66. The first kappa shape index (κ1) is 27.0. The second-order valence-electron chi connectivity index (χ2n) is 7.78. The van der Waals surface area contributed by atoms with Crippen LogP contribution in [-0.4, -0.2) is 99.8 Å². The first-order chi connectivity index (χ1) is 17.1. The number of aryl methyl sites for hydroxylation is 1. The molecule has 0 saturated carbocycles. The summed E-state index contributed by atoms with van der Waals surface area (Å²) in [6.07, 6.45) is -1.04. The topological polar surface area (TPSA) is 206 Å². The molecular formula is C19H23N7O8S2. The smallest absolute Gasteiger partial charge is 0.407 e. The third-order valence-electron chi connectivity index (χ3n) is 5.50. The molecule has 0 aliphatic carbocycles. The lowest BCUT2D eigenvalue weighted by Gasteiger charge is -2.55. The molecule has 1 fully saturated rings. The number of amides is 3. The van der Waals surface area contributed by atoms with Crippen molar-refractivity contribution >= 4 is 64.8 Å². The second kappa shape index (κ2) is 11.0. The lowest BCUT2D eigenvalue weighted by atomic mass is 9.87. The number of alkyl carbamates (subject to hydrolysis) is 1. The standard InChI is InChI=1S/C19H23N7O8S2/c1-3-34-18(33)20-10(14(28)29)5-4-6-11(27)21-19(8-35)16(32)26-12(15(30)31)9(7-36-17(19)26)13-22-23-24-25(13)2/h8,10,17H,3-7H2,1-2H3,(H,20,33)(H,21,27)(H,28,29)(H,30,31)/t10?,17-,19+/m0/s1. The maximum Gasteiger partial charge on any atom is 0.407 e. The Kier molecular flexibility index (Phi) is 8.24. The SMILES string of the molecule is CCOC(=O)NC(CCCC(=O)N[C@]1(C=S)C(=O)N2C(C(=O)O)=C(c3nnnn3C)CS[C@H]21)C(=O)O.